The van der Waals surface area contributed by atoms with E-state index < -0.39 is 38.3 Å². The summed E-state index contributed by atoms with van der Waals surface area (Å²) in [5.74, 6) is -1.05. The molecule has 43 heavy (non-hydrogen) atoms. The Morgan fingerprint density at radius 3 is 1.77 bits per heavy atom. The van der Waals surface area contributed by atoms with E-state index in [0.717, 1.165) is 16.4 Å². The van der Waals surface area contributed by atoms with Gasteiger partial charge in [-0.05, 0) is 97.1 Å². The van der Waals surface area contributed by atoms with Gasteiger partial charge < -0.3 is 15.4 Å². The molecule has 0 bridgehead atoms. The predicted octanol–water partition coefficient (Wildman–Crippen LogP) is 4.43. The van der Waals surface area contributed by atoms with E-state index in [9.17, 15) is 30.8 Å². The number of hydrogen-bond acceptors (Lipinski definition) is 7. The Morgan fingerprint density at radius 2 is 1.23 bits per heavy atom. The second-order valence-electron chi connectivity index (χ2n) is 9.10. The summed E-state index contributed by atoms with van der Waals surface area (Å²) in [5.41, 5.74) is 0.981. The number of rotatable bonds is 11. The minimum absolute atomic E-state index is 0.111. The van der Waals surface area contributed by atoms with Gasteiger partial charge in [-0.3, -0.25) is 18.6 Å². The highest BCUT2D eigenvalue weighted by atomic mass is 32.2. The minimum atomic E-state index is -4.26. The lowest BCUT2D eigenvalue weighted by atomic mass is 10.3. The Hall–Kier alpha value is -4.95. The molecule has 0 atom stereocenters. The van der Waals surface area contributed by atoms with Gasteiger partial charge in [-0.25, -0.2) is 21.2 Å². The molecule has 224 valence electrons. The molecule has 4 aromatic carbocycles. The quantitative estimate of drug-likeness (QED) is 0.223. The van der Waals surface area contributed by atoms with Crippen molar-refractivity contribution in [2.75, 3.05) is 33.3 Å². The molecule has 0 saturated heterocycles. The van der Waals surface area contributed by atoms with Gasteiger partial charge in [0.1, 0.15) is 18.1 Å². The largest absolute Gasteiger partial charge is 0.497 e. The number of methoxy groups -OCH3 is 1. The van der Waals surface area contributed by atoms with E-state index in [1.54, 1.807) is 12.1 Å². The fourth-order valence-electron chi connectivity index (χ4n) is 3.88. The maximum atomic E-state index is 13.7. The summed E-state index contributed by atoms with van der Waals surface area (Å²) in [4.78, 5) is 24.2. The van der Waals surface area contributed by atoms with Crippen molar-refractivity contribution in [3.63, 3.8) is 0 Å². The van der Waals surface area contributed by atoms with Gasteiger partial charge in [0.2, 0.25) is 11.8 Å². The highest BCUT2D eigenvalue weighted by Crippen LogP contribution is 2.27. The number of halogens is 1. The normalized spacial score (nSPS) is 11.3. The molecule has 0 spiro atoms. The molecule has 0 aliphatic heterocycles. The first-order chi connectivity index (χ1) is 20.4. The summed E-state index contributed by atoms with van der Waals surface area (Å²) >= 11 is 0. The number of hydrogen-bond donors (Lipinski definition) is 3. The molecule has 0 aliphatic carbocycles. The second kappa shape index (κ2) is 12.9. The topological polar surface area (TPSA) is 151 Å². The van der Waals surface area contributed by atoms with Gasteiger partial charge in [0, 0.05) is 24.0 Å². The smallest absolute Gasteiger partial charge is 0.264 e. The van der Waals surface area contributed by atoms with Crippen LogP contribution in [0.1, 0.15) is 6.92 Å². The second-order valence-corrected chi connectivity index (χ2v) is 12.6. The molecule has 3 N–H and O–H groups in total. The number of carbonyl (C=O) groups is 2. The summed E-state index contributed by atoms with van der Waals surface area (Å²) in [6.07, 6.45) is 0. The van der Waals surface area contributed by atoms with E-state index in [1.807, 2.05) is 0 Å². The van der Waals surface area contributed by atoms with Gasteiger partial charge in [0.05, 0.1) is 22.6 Å². The highest BCUT2D eigenvalue weighted by molar-refractivity contribution is 7.93. The fraction of sp³-hybridized carbons (Fsp3) is 0.103. The van der Waals surface area contributed by atoms with Crippen molar-refractivity contribution >= 4 is 54.6 Å². The van der Waals surface area contributed by atoms with Crippen molar-refractivity contribution in [1.82, 2.24) is 0 Å². The number of carbonyl (C=O) groups excluding carboxylic acids is 2. The molecular weight excluding hydrogens is 599 g/mol. The van der Waals surface area contributed by atoms with Crippen molar-refractivity contribution in [2.24, 2.45) is 0 Å². The van der Waals surface area contributed by atoms with Crippen molar-refractivity contribution in [1.29, 1.82) is 0 Å². The van der Waals surface area contributed by atoms with Crippen molar-refractivity contribution in [3.05, 3.63) is 103 Å². The van der Waals surface area contributed by atoms with Gasteiger partial charge in [-0.1, -0.05) is 0 Å². The molecule has 0 aromatic heterocycles. The number of anilines is 4. The highest BCUT2D eigenvalue weighted by Gasteiger charge is 2.27. The molecule has 0 aliphatic rings. The Morgan fingerprint density at radius 1 is 0.721 bits per heavy atom. The molecule has 14 heteroatoms. The monoisotopic (exact) mass is 626 g/mol. The van der Waals surface area contributed by atoms with Crippen LogP contribution in [0.5, 0.6) is 5.75 Å². The summed E-state index contributed by atoms with van der Waals surface area (Å²) in [5, 5.41) is 5.14. The van der Waals surface area contributed by atoms with Gasteiger partial charge >= 0.3 is 0 Å². The van der Waals surface area contributed by atoms with Crippen LogP contribution in [0.4, 0.5) is 27.1 Å². The van der Waals surface area contributed by atoms with Gasteiger partial charge in [0.15, 0.2) is 0 Å². The third kappa shape index (κ3) is 7.87. The van der Waals surface area contributed by atoms with Crippen LogP contribution in [0.25, 0.3) is 0 Å². The molecule has 4 aromatic rings. The molecule has 0 heterocycles. The first-order valence-corrected chi connectivity index (χ1v) is 15.5. The maximum Gasteiger partial charge on any atom is 0.264 e. The molecule has 2 amide bonds. The zero-order valence-corrected chi connectivity index (χ0v) is 24.6. The Labute approximate surface area is 248 Å². The Bertz CT molecular complexity index is 1810. The van der Waals surface area contributed by atoms with Crippen LogP contribution < -0.4 is 24.4 Å². The lowest BCUT2D eigenvalue weighted by Gasteiger charge is -2.24. The van der Waals surface area contributed by atoms with Gasteiger partial charge in [-0.15, -0.1) is 0 Å². The Balaban J connectivity index is 1.53. The maximum absolute atomic E-state index is 13.7. The number of nitrogens with one attached hydrogen (secondary N) is 3. The van der Waals surface area contributed by atoms with Crippen LogP contribution in [-0.4, -0.2) is 42.3 Å². The van der Waals surface area contributed by atoms with Crippen molar-refractivity contribution in [3.8, 4) is 5.75 Å². The summed E-state index contributed by atoms with van der Waals surface area (Å²) in [6.45, 7) is 0.709. The molecule has 11 nitrogen and oxygen atoms in total. The predicted molar refractivity (Wildman–Crippen MR) is 161 cm³/mol. The first kappa shape index (κ1) is 31.0. The third-order valence-corrected chi connectivity index (χ3v) is 9.14. The van der Waals surface area contributed by atoms with E-state index >= 15 is 0 Å². The molecule has 0 fully saturated rings. The van der Waals surface area contributed by atoms with Crippen LogP contribution >= 0.6 is 0 Å². The van der Waals surface area contributed by atoms with E-state index in [1.165, 1.54) is 86.8 Å². The number of sulfonamides is 2. The standard InChI is InChI=1S/C29H27FN4O7S2/c1-20(35)31-22-9-17-28(18-10-22)43(39,40)34(25-11-13-26(41-2)14-12-25)19-29(36)32-23-7-15-27(16-8-23)42(37,38)33-24-5-3-21(30)4-6-24/h3-18,33H,19H2,1-2H3,(H,31,35)(H,32,36). The van der Waals surface area contributed by atoms with E-state index in [0.29, 0.717) is 11.4 Å². The summed E-state index contributed by atoms with van der Waals surface area (Å²) in [7, 11) is -6.79. The van der Waals surface area contributed by atoms with Gasteiger partial charge in [0.25, 0.3) is 20.0 Å². The fourth-order valence-corrected chi connectivity index (χ4v) is 6.36. The average molecular weight is 627 g/mol. The van der Waals surface area contributed by atoms with Gasteiger partial charge in [-0.2, -0.15) is 0 Å². The van der Waals surface area contributed by atoms with E-state index in [4.69, 9.17) is 4.74 Å². The van der Waals surface area contributed by atoms with Crippen molar-refractivity contribution < 1.29 is 35.6 Å². The van der Waals surface area contributed by atoms with Crippen LogP contribution in [-0.2, 0) is 29.6 Å². The van der Waals surface area contributed by atoms with Crippen LogP contribution in [0.15, 0.2) is 107 Å². The Kier molecular flexibility index (Phi) is 9.31. The number of amides is 2. The van der Waals surface area contributed by atoms with Crippen LogP contribution in [0, 0.1) is 5.82 Å². The van der Waals surface area contributed by atoms with Crippen LogP contribution in [0.3, 0.4) is 0 Å². The summed E-state index contributed by atoms with van der Waals surface area (Å²) < 4.78 is 74.3. The molecular formula is C29H27FN4O7S2. The number of ether oxygens (including phenoxy) is 1. The lowest BCUT2D eigenvalue weighted by Crippen LogP contribution is -2.38. The van der Waals surface area contributed by atoms with Crippen LogP contribution in [0.2, 0.25) is 0 Å². The number of benzene rings is 4. The van der Waals surface area contributed by atoms with E-state index in [-0.39, 0.29) is 32.8 Å². The summed E-state index contributed by atoms with van der Waals surface area (Å²) in [6, 6.07) is 21.6. The lowest BCUT2D eigenvalue weighted by molar-refractivity contribution is -0.115. The minimum Gasteiger partial charge on any atom is -0.497 e. The first-order valence-electron chi connectivity index (χ1n) is 12.6. The third-order valence-electron chi connectivity index (χ3n) is 5.96. The SMILES string of the molecule is COc1ccc(N(CC(=O)Nc2ccc(S(=O)(=O)Nc3ccc(F)cc3)cc2)S(=O)(=O)c2ccc(NC(C)=O)cc2)cc1. The van der Waals surface area contributed by atoms with E-state index in [2.05, 4.69) is 15.4 Å². The zero-order valence-electron chi connectivity index (χ0n) is 22.9. The van der Waals surface area contributed by atoms with Crippen molar-refractivity contribution in [2.45, 2.75) is 16.7 Å². The molecule has 0 unspecified atom stereocenters. The molecule has 0 saturated carbocycles. The zero-order chi connectivity index (χ0) is 31.2. The average Bonchev–Trinajstić information content (AvgIpc) is 2.97. The number of nitrogens with zero attached hydrogens (tertiary/aromatic N) is 1. The molecule has 4 rings (SSSR count). The molecule has 0 radical (unpaired) electrons.